The summed E-state index contributed by atoms with van der Waals surface area (Å²) < 4.78 is 0. The minimum absolute atomic E-state index is 0.301. The van der Waals surface area contributed by atoms with Gasteiger partial charge in [0.15, 0.2) is 0 Å². The second-order valence-electron chi connectivity index (χ2n) is 7.95. The van der Waals surface area contributed by atoms with Crippen LogP contribution in [-0.4, -0.2) is 5.91 Å². The van der Waals surface area contributed by atoms with Crippen molar-refractivity contribution < 1.29 is 4.79 Å². The first-order valence-electron chi connectivity index (χ1n) is 8.41. The molecule has 4 nitrogen and oxygen atoms in total. The lowest BCUT2D eigenvalue weighted by molar-refractivity contribution is 0.0999. The van der Waals surface area contributed by atoms with Crippen LogP contribution in [0.2, 0.25) is 0 Å². The summed E-state index contributed by atoms with van der Waals surface area (Å²) in [6, 6.07) is 2.64. The number of nitrogen functional groups attached to an aromatic ring is 1. The molecule has 1 atom stereocenters. The fraction of sp³-hybridized carbons (Fsp3) is 0.667. The van der Waals surface area contributed by atoms with Crippen LogP contribution in [-0.2, 0) is 12.8 Å². The molecule has 124 valence electrons. The van der Waals surface area contributed by atoms with Crippen LogP contribution < -0.4 is 11.5 Å². The van der Waals surface area contributed by atoms with E-state index in [2.05, 4.69) is 19.9 Å². The molecule has 0 aliphatic heterocycles. The van der Waals surface area contributed by atoms with E-state index in [0.29, 0.717) is 21.9 Å². The van der Waals surface area contributed by atoms with E-state index in [9.17, 15) is 10.1 Å². The van der Waals surface area contributed by atoms with Crippen LogP contribution in [0.25, 0.3) is 0 Å². The average Bonchev–Trinajstić information content (AvgIpc) is 3.09. The summed E-state index contributed by atoms with van der Waals surface area (Å²) in [7, 11) is 0. The molecule has 1 aromatic heterocycles. The van der Waals surface area contributed by atoms with Crippen molar-refractivity contribution in [3.8, 4) is 6.07 Å². The first kappa shape index (κ1) is 16.3. The molecule has 0 radical (unpaired) electrons. The molecule has 2 aliphatic carbocycles. The number of nitrogens with two attached hydrogens (primary N) is 2. The molecule has 3 rings (SSSR count). The molecule has 1 fully saturated rings. The summed E-state index contributed by atoms with van der Waals surface area (Å²) in [5.74, 6) is 0.231. The van der Waals surface area contributed by atoms with Crippen molar-refractivity contribution in [2.24, 2.45) is 22.5 Å². The Morgan fingerprint density at radius 3 is 2.61 bits per heavy atom. The first-order valence-corrected chi connectivity index (χ1v) is 9.22. The van der Waals surface area contributed by atoms with Crippen molar-refractivity contribution in [1.82, 2.24) is 0 Å². The number of fused-ring (bicyclic) bond motifs is 1. The van der Waals surface area contributed by atoms with Gasteiger partial charge >= 0.3 is 0 Å². The maximum atomic E-state index is 11.6. The Bertz CT molecular complexity index is 681. The Hall–Kier alpha value is -1.54. The molecule has 4 N–H and O–H groups in total. The Kier molecular flexibility index (Phi) is 3.92. The molecule has 23 heavy (non-hydrogen) atoms. The number of primary amides is 1. The van der Waals surface area contributed by atoms with E-state index < -0.39 is 5.91 Å². The summed E-state index contributed by atoms with van der Waals surface area (Å²) in [5, 5.41) is 10.4. The molecule has 1 amide bonds. The topological polar surface area (TPSA) is 92.9 Å². The summed E-state index contributed by atoms with van der Waals surface area (Å²) in [6.07, 6.45) is 6.97. The van der Waals surface area contributed by atoms with E-state index in [1.807, 2.05) is 0 Å². The van der Waals surface area contributed by atoms with Gasteiger partial charge in [-0.3, -0.25) is 4.79 Å². The van der Waals surface area contributed by atoms with Crippen molar-refractivity contribution in [1.29, 1.82) is 5.26 Å². The molecular formula is C18H25N3OS. The molecule has 0 bridgehead atoms. The smallest absolute Gasteiger partial charge is 0.251 e. The average molecular weight is 331 g/mol. The number of anilines is 1. The fourth-order valence-corrected chi connectivity index (χ4v) is 5.74. The van der Waals surface area contributed by atoms with Gasteiger partial charge in [-0.15, -0.1) is 11.3 Å². The molecule has 0 spiro atoms. The second kappa shape index (κ2) is 5.52. The van der Waals surface area contributed by atoms with Gasteiger partial charge in [0.2, 0.25) is 0 Å². The molecule has 1 heterocycles. The maximum absolute atomic E-state index is 11.6. The van der Waals surface area contributed by atoms with Crippen molar-refractivity contribution in [2.75, 3.05) is 5.73 Å². The van der Waals surface area contributed by atoms with Crippen LogP contribution in [0, 0.1) is 28.1 Å². The summed E-state index contributed by atoms with van der Waals surface area (Å²) in [5.41, 5.74) is 13.0. The zero-order valence-corrected chi connectivity index (χ0v) is 14.8. The summed E-state index contributed by atoms with van der Waals surface area (Å²) in [6.45, 7) is 4.52. The quantitative estimate of drug-likeness (QED) is 0.862. The molecule has 1 saturated carbocycles. The number of hydrogen-bond donors (Lipinski definition) is 2. The Balaban J connectivity index is 1.86. The molecule has 0 saturated heterocycles. The van der Waals surface area contributed by atoms with Gasteiger partial charge in [-0.25, -0.2) is 0 Å². The lowest BCUT2D eigenvalue weighted by Gasteiger charge is -2.35. The number of thiophene rings is 1. The third kappa shape index (κ3) is 2.97. The Labute approximate surface area is 141 Å². The van der Waals surface area contributed by atoms with Gasteiger partial charge in [0, 0.05) is 11.3 Å². The highest BCUT2D eigenvalue weighted by Gasteiger charge is 2.50. The largest absolute Gasteiger partial charge is 0.390 e. The highest BCUT2D eigenvalue weighted by atomic mass is 32.1. The van der Waals surface area contributed by atoms with E-state index in [4.69, 9.17) is 11.5 Å². The lowest BCUT2D eigenvalue weighted by Crippen LogP contribution is -2.31. The van der Waals surface area contributed by atoms with Crippen molar-refractivity contribution in [3.05, 3.63) is 16.0 Å². The van der Waals surface area contributed by atoms with Gasteiger partial charge in [0.25, 0.3) is 5.91 Å². The standard InChI is InChI=1S/C18H25N3OS/c1-11(2)7-17(5-6-17)9-18(10-19)4-3-12-13(8-18)23-16(21)14(12)15(20)22/h11H,3-9,21H2,1-2H3,(H2,20,22). The van der Waals surface area contributed by atoms with Gasteiger partial charge in [-0.2, -0.15) is 5.26 Å². The Morgan fingerprint density at radius 1 is 1.39 bits per heavy atom. The number of carbonyl (C=O) groups excluding carboxylic acids is 1. The number of amides is 1. The molecule has 0 aromatic carbocycles. The molecular weight excluding hydrogens is 306 g/mol. The fourth-order valence-electron chi connectivity index (χ4n) is 4.47. The predicted octanol–water partition coefficient (Wildman–Crippen LogP) is 3.64. The van der Waals surface area contributed by atoms with Gasteiger partial charge in [0.05, 0.1) is 22.0 Å². The zero-order valence-electron chi connectivity index (χ0n) is 13.9. The maximum Gasteiger partial charge on any atom is 0.251 e. The highest BCUT2D eigenvalue weighted by molar-refractivity contribution is 7.16. The minimum atomic E-state index is -0.442. The monoisotopic (exact) mass is 331 g/mol. The van der Waals surface area contributed by atoms with E-state index in [1.54, 1.807) is 0 Å². The van der Waals surface area contributed by atoms with Crippen LogP contribution in [0.4, 0.5) is 5.00 Å². The lowest BCUT2D eigenvalue weighted by atomic mass is 9.67. The molecule has 5 heteroatoms. The van der Waals surface area contributed by atoms with Crippen molar-refractivity contribution in [2.45, 2.75) is 58.8 Å². The number of rotatable bonds is 5. The Morgan fingerprint density at radius 2 is 2.09 bits per heavy atom. The van der Waals surface area contributed by atoms with Crippen LogP contribution in [0.5, 0.6) is 0 Å². The normalized spacial score (nSPS) is 25.0. The predicted molar refractivity (Wildman–Crippen MR) is 93.1 cm³/mol. The molecule has 1 aromatic rings. The van der Waals surface area contributed by atoms with Crippen LogP contribution in [0.15, 0.2) is 0 Å². The number of hydrogen-bond acceptors (Lipinski definition) is 4. The van der Waals surface area contributed by atoms with Crippen LogP contribution in [0.3, 0.4) is 0 Å². The van der Waals surface area contributed by atoms with E-state index in [1.165, 1.54) is 30.6 Å². The molecule has 1 unspecified atom stereocenters. The third-order valence-electron chi connectivity index (χ3n) is 5.47. The highest BCUT2D eigenvalue weighted by Crippen LogP contribution is 2.59. The van der Waals surface area contributed by atoms with Crippen LogP contribution in [0.1, 0.15) is 66.8 Å². The summed E-state index contributed by atoms with van der Waals surface area (Å²) in [4.78, 5) is 12.7. The zero-order chi connectivity index (χ0) is 16.8. The van der Waals surface area contributed by atoms with Gasteiger partial charge in [0.1, 0.15) is 0 Å². The first-order chi connectivity index (χ1) is 10.8. The third-order valence-corrected chi connectivity index (χ3v) is 6.53. The van der Waals surface area contributed by atoms with Crippen LogP contribution >= 0.6 is 11.3 Å². The number of nitriles is 1. The van der Waals surface area contributed by atoms with Gasteiger partial charge in [-0.1, -0.05) is 13.8 Å². The minimum Gasteiger partial charge on any atom is -0.390 e. The SMILES string of the molecule is CC(C)CC1(CC2(C#N)CCc3c(sc(N)c3C(N)=O)C2)CC1. The molecule has 2 aliphatic rings. The van der Waals surface area contributed by atoms with Gasteiger partial charge in [-0.05, 0) is 55.4 Å². The summed E-state index contributed by atoms with van der Waals surface area (Å²) >= 11 is 1.45. The van der Waals surface area contributed by atoms with E-state index in [-0.39, 0.29) is 5.41 Å². The van der Waals surface area contributed by atoms with Crippen molar-refractivity contribution in [3.63, 3.8) is 0 Å². The van der Waals surface area contributed by atoms with Gasteiger partial charge < -0.3 is 11.5 Å². The van der Waals surface area contributed by atoms with E-state index >= 15 is 0 Å². The van der Waals surface area contributed by atoms with E-state index in [0.717, 1.165) is 36.1 Å². The number of nitrogens with zero attached hydrogens (tertiary/aromatic N) is 1. The number of carbonyl (C=O) groups is 1. The van der Waals surface area contributed by atoms with Crippen molar-refractivity contribution >= 4 is 22.2 Å². The second-order valence-corrected chi connectivity index (χ2v) is 9.09.